The SMILES string of the molecule is CCOC(=O)CCn1nc2ccc(C(=O)NCC(NC(=O)OCc3ccccc3)C(=O)O)cn2c1=O. The summed E-state index contributed by atoms with van der Waals surface area (Å²) in [5.41, 5.74) is 0.481. The summed E-state index contributed by atoms with van der Waals surface area (Å²) in [4.78, 5) is 60.1. The minimum atomic E-state index is -1.45. The Labute approximate surface area is 204 Å². The molecule has 3 aromatic rings. The first-order chi connectivity index (χ1) is 17.3. The van der Waals surface area contributed by atoms with Gasteiger partial charge in [-0.25, -0.2) is 23.5 Å². The Bertz CT molecular complexity index is 1300. The summed E-state index contributed by atoms with van der Waals surface area (Å²) in [6, 6.07) is 10.2. The third kappa shape index (κ3) is 6.91. The molecule has 3 rings (SSSR count). The van der Waals surface area contributed by atoms with E-state index in [0.717, 1.165) is 14.6 Å². The fourth-order valence-electron chi connectivity index (χ4n) is 3.13. The lowest BCUT2D eigenvalue weighted by Crippen LogP contribution is -2.48. The molecular weight excluding hydrogens is 474 g/mol. The van der Waals surface area contributed by atoms with Crippen LogP contribution in [0.5, 0.6) is 0 Å². The molecule has 1 atom stereocenters. The molecule has 2 aromatic heterocycles. The van der Waals surface area contributed by atoms with Crippen LogP contribution in [0.4, 0.5) is 4.79 Å². The van der Waals surface area contributed by atoms with Gasteiger partial charge in [0, 0.05) is 12.7 Å². The molecular formula is C23H25N5O8. The van der Waals surface area contributed by atoms with Crippen molar-refractivity contribution < 1.29 is 33.8 Å². The van der Waals surface area contributed by atoms with Crippen molar-refractivity contribution in [3.63, 3.8) is 0 Å². The van der Waals surface area contributed by atoms with E-state index >= 15 is 0 Å². The van der Waals surface area contributed by atoms with E-state index in [1.54, 1.807) is 37.3 Å². The maximum absolute atomic E-state index is 12.6. The normalized spacial score (nSPS) is 11.5. The summed E-state index contributed by atoms with van der Waals surface area (Å²) >= 11 is 0. The molecule has 190 valence electrons. The summed E-state index contributed by atoms with van der Waals surface area (Å²) in [7, 11) is 0. The number of carboxylic acid groups (broad SMARTS) is 1. The third-order valence-electron chi connectivity index (χ3n) is 4.94. The number of pyridine rings is 1. The summed E-state index contributed by atoms with van der Waals surface area (Å²) in [5.74, 6) is -2.51. The van der Waals surface area contributed by atoms with Crippen LogP contribution >= 0.6 is 0 Å². The van der Waals surface area contributed by atoms with Crippen molar-refractivity contribution in [1.82, 2.24) is 24.8 Å². The molecule has 0 aliphatic heterocycles. The van der Waals surface area contributed by atoms with Crippen LogP contribution in [-0.4, -0.2) is 62.4 Å². The molecule has 1 unspecified atom stereocenters. The Balaban J connectivity index is 1.59. The number of nitrogens with zero attached hydrogens (tertiary/aromatic N) is 3. The maximum atomic E-state index is 12.6. The number of aromatic nitrogens is 3. The van der Waals surface area contributed by atoms with Crippen molar-refractivity contribution in [2.45, 2.75) is 32.5 Å². The number of hydrogen-bond acceptors (Lipinski definition) is 8. The number of benzene rings is 1. The van der Waals surface area contributed by atoms with Crippen molar-refractivity contribution in [2.24, 2.45) is 0 Å². The molecule has 0 saturated heterocycles. The van der Waals surface area contributed by atoms with Gasteiger partial charge in [-0.2, -0.15) is 0 Å². The molecule has 1 aromatic carbocycles. The smallest absolute Gasteiger partial charge is 0.408 e. The average molecular weight is 499 g/mol. The standard InChI is InChI=1S/C23H25N5O8/c1-2-35-19(29)10-11-28-23(34)27-13-16(8-9-18(27)26-28)20(30)24-12-17(21(31)32)25-22(33)36-14-15-6-4-3-5-7-15/h3-9,13,17H,2,10-12,14H2,1H3,(H,24,30)(H,25,33)(H,31,32). The number of carbonyl (C=O) groups excluding carboxylic acids is 3. The Morgan fingerprint density at radius 1 is 1.08 bits per heavy atom. The van der Waals surface area contributed by atoms with Crippen molar-refractivity contribution in [1.29, 1.82) is 0 Å². The fourth-order valence-corrected chi connectivity index (χ4v) is 3.13. The number of carboxylic acids is 1. The lowest BCUT2D eigenvalue weighted by molar-refractivity contribution is -0.143. The van der Waals surface area contributed by atoms with Crippen molar-refractivity contribution in [3.8, 4) is 0 Å². The van der Waals surface area contributed by atoms with Crippen LogP contribution in [0.25, 0.3) is 5.65 Å². The minimum Gasteiger partial charge on any atom is -0.480 e. The van der Waals surface area contributed by atoms with Gasteiger partial charge in [-0.15, -0.1) is 5.10 Å². The molecule has 0 spiro atoms. The molecule has 0 aliphatic carbocycles. The second-order valence-electron chi connectivity index (χ2n) is 7.51. The van der Waals surface area contributed by atoms with Gasteiger partial charge in [-0.05, 0) is 24.6 Å². The lowest BCUT2D eigenvalue weighted by Gasteiger charge is -2.15. The van der Waals surface area contributed by atoms with Gasteiger partial charge in [0.25, 0.3) is 5.91 Å². The number of aryl methyl sites for hydroxylation is 1. The quantitative estimate of drug-likeness (QED) is 0.319. The first-order valence-electron chi connectivity index (χ1n) is 11.0. The van der Waals surface area contributed by atoms with Crippen LogP contribution in [0.2, 0.25) is 0 Å². The highest BCUT2D eigenvalue weighted by atomic mass is 16.5. The number of nitrogens with one attached hydrogen (secondary N) is 2. The van der Waals surface area contributed by atoms with E-state index in [0.29, 0.717) is 0 Å². The Hall–Kier alpha value is -4.68. The zero-order valence-corrected chi connectivity index (χ0v) is 19.4. The molecule has 13 heteroatoms. The van der Waals surface area contributed by atoms with Crippen LogP contribution in [0.15, 0.2) is 53.5 Å². The van der Waals surface area contributed by atoms with Crippen LogP contribution in [-0.2, 0) is 32.2 Å². The average Bonchev–Trinajstić information content (AvgIpc) is 3.19. The van der Waals surface area contributed by atoms with Crippen LogP contribution < -0.4 is 16.3 Å². The van der Waals surface area contributed by atoms with Crippen LogP contribution in [0, 0.1) is 0 Å². The number of alkyl carbamates (subject to hydrolysis) is 1. The van der Waals surface area contributed by atoms with E-state index in [1.165, 1.54) is 18.3 Å². The molecule has 0 fully saturated rings. The number of hydrogen-bond donors (Lipinski definition) is 3. The van der Waals surface area contributed by atoms with Gasteiger partial charge in [0.2, 0.25) is 0 Å². The molecule has 2 amide bonds. The molecule has 3 N–H and O–H groups in total. The minimum absolute atomic E-state index is 0.00715. The van der Waals surface area contributed by atoms with Crippen LogP contribution in [0.1, 0.15) is 29.3 Å². The van der Waals surface area contributed by atoms with Gasteiger partial charge < -0.3 is 25.2 Å². The number of aliphatic carboxylic acids is 1. The largest absolute Gasteiger partial charge is 0.480 e. The van der Waals surface area contributed by atoms with Gasteiger partial charge in [0.1, 0.15) is 12.6 Å². The zero-order chi connectivity index (χ0) is 26.1. The zero-order valence-electron chi connectivity index (χ0n) is 19.4. The topological polar surface area (TPSA) is 170 Å². The number of fused-ring (bicyclic) bond motifs is 1. The van der Waals surface area contributed by atoms with Gasteiger partial charge in [-0.1, -0.05) is 30.3 Å². The predicted octanol–water partition coefficient (Wildman–Crippen LogP) is 0.559. The summed E-state index contributed by atoms with van der Waals surface area (Å²) in [5, 5.41) is 18.1. The summed E-state index contributed by atoms with van der Waals surface area (Å²) < 4.78 is 12.1. The van der Waals surface area contributed by atoms with Crippen molar-refractivity contribution in [2.75, 3.05) is 13.2 Å². The monoisotopic (exact) mass is 499 g/mol. The van der Waals surface area contributed by atoms with Crippen LogP contribution in [0.3, 0.4) is 0 Å². The van der Waals surface area contributed by atoms with Crippen molar-refractivity contribution >= 4 is 29.6 Å². The van der Waals surface area contributed by atoms with E-state index in [4.69, 9.17) is 9.47 Å². The first kappa shape index (κ1) is 25.9. The highest BCUT2D eigenvalue weighted by Crippen LogP contribution is 2.04. The van der Waals surface area contributed by atoms with Gasteiger partial charge in [0.05, 0.1) is 25.1 Å². The maximum Gasteiger partial charge on any atom is 0.408 e. The third-order valence-corrected chi connectivity index (χ3v) is 4.94. The Morgan fingerprint density at radius 2 is 1.83 bits per heavy atom. The van der Waals surface area contributed by atoms with Gasteiger partial charge in [-0.3, -0.25) is 9.59 Å². The van der Waals surface area contributed by atoms with E-state index < -0.39 is 42.2 Å². The number of ether oxygens (including phenoxy) is 2. The second-order valence-corrected chi connectivity index (χ2v) is 7.51. The van der Waals surface area contributed by atoms with E-state index in [2.05, 4.69) is 15.7 Å². The van der Waals surface area contributed by atoms with Crippen molar-refractivity contribution in [3.05, 3.63) is 70.3 Å². The lowest BCUT2D eigenvalue weighted by atomic mass is 10.2. The van der Waals surface area contributed by atoms with E-state index in [-0.39, 0.29) is 37.4 Å². The predicted molar refractivity (Wildman–Crippen MR) is 124 cm³/mol. The number of carbonyl (C=O) groups is 4. The molecule has 36 heavy (non-hydrogen) atoms. The van der Waals surface area contributed by atoms with Gasteiger partial charge >= 0.3 is 23.7 Å². The van der Waals surface area contributed by atoms with E-state index in [9.17, 15) is 29.1 Å². The van der Waals surface area contributed by atoms with E-state index in [1.807, 2.05) is 0 Å². The molecule has 0 saturated carbocycles. The number of amides is 2. The molecule has 0 bridgehead atoms. The Kier molecular flexibility index (Phi) is 8.75. The highest BCUT2D eigenvalue weighted by Gasteiger charge is 2.22. The van der Waals surface area contributed by atoms with Gasteiger partial charge in [0.15, 0.2) is 5.65 Å². The number of esters is 1. The fraction of sp³-hybridized carbons (Fsp3) is 0.304. The molecule has 2 heterocycles. The summed E-state index contributed by atoms with van der Waals surface area (Å²) in [6.45, 7) is 1.43. The molecule has 0 radical (unpaired) electrons. The number of rotatable bonds is 11. The second kappa shape index (κ2) is 12.1. The summed E-state index contributed by atoms with van der Waals surface area (Å²) in [6.07, 6.45) is 0.254. The highest BCUT2D eigenvalue weighted by molar-refractivity contribution is 5.94. The Morgan fingerprint density at radius 3 is 2.53 bits per heavy atom. The molecule has 13 nitrogen and oxygen atoms in total. The molecule has 0 aliphatic rings. The first-order valence-corrected chi connectivity index (χ1v) is 11.0.